The minimum absolute atomic E-state index is 0.406. The normalized spacial score (nSPS) is 20.8. The van der Waals surface area contributed by atoms with Crippen LogP contribution in [0.4, 0.5) is 14.5 Å². The fourth-order valence-electron chi connectivity index (χ4n) is 2.50. The average Bonchev–Trinajstić information content (AvgIpc) is 2.54. The smallest absolute Gasteiger partial charge is 0.128 e. The molecule has 1 unspecified atom stereocenters. The molecule has 2 nitrogen and oxygen atoms in total. The van der Waals surface area contributed by atoms with Crippen molar-refractivity contribution in [2.45, 2.75) is 32.2 Å². The average molecular weight is 254 g/mol. The molecule has 100 valence electrons. The summed E-state index contributed by atoms with van der Waals surface area (Å²) in [6.07, 6.45) is 3.20. The van der Waals surface area contributed by atoms with Crippen molar-refractivity contribution in [2.24, 2.45) is 0 Å². The van der Waals surface area contributed by atoms with Crippen LogP contribution in [0.15, 0.2) is 18.2 Å². The Balaban J connectivity index is 2.14. The Morgan fingerprint density at radius 3 is 2.67 bits per heavy atom. The minimum atomic E-state index is -0.505. The van der Waals surface area contributed by atoms with Crippen LogP contribution in [0.25, 0.3) is 0 Å². The summed E-state index contributed by atoms with van der Waals surface area (Å²) >= 11 is 0. The molecular formula is C14H20F2N2. The summed E-state index contributed by atoms with van der Waals surface area (Å²) in [4.78, 5) is 2.08. The molecule has 0 spiro atoms. The maximum absolute atomic E-state index is 13.2. The number of hydrogen-bond donors (Lipinski definition) is 1. The van der Waals surface area contributed by atoms with E-state index in [1.54, 1.807) is 0 Å². The van der Waals surface area contributed by atoms with Gasteiger partial charge in [-0.05, 0) is 31.5 Å². The van der Waals surface area contributed by atoms with Gasteiger partial charge in [0, 0.05) is 30.9 Å². The molecule has 0 aromatic heterocycles. The summed E-state index contributed by atoms with van der Waals surface area (Å²) < 4.78 is 26.5. The summed E-state index contributed by atoms with van der Waals surface area (Å²) in [7, 11) is 0. The molecule has 1 aliphatic rings. The van der Waals surface area contributed by atoms with Gasteiger partial charge >= 0.3 is 0 Å². The molecule has 4 heteroatoms. The first kappa shape index (κ1) is 13.3. The molecule has 0 amide bonds. The Morgan fingerprint density at radius 2 is 2.00 bits per heavy atom. The Hall–Kier alpha value is -1.16. The summed E-state index contributed by atoms with van der Waals surface area (Å²) in [6, 6.07) is 4.15. The van der Waals surface area contributed by atoms with Crippen LogP contribution in [0.1, 0.15) is 26.2 Å². The van der Waals surface area contributed by atoms with Crippen molar-refractivity contribution in [3.05, 3.63) is 29.8 Å². The zero-order chi connectivity index (χ0) is 13.0. The number of anilines is 1. The highest BCUT2D eigenvalue weighted by atomic mass is 19.1. The van der Waals surface area contributed by atoms with E-state index >= 15 is 0 Å². The molecule has 1 aromatic carbocycles. The van der Waals surface area contributed by atoms with Gasteiger partial charge in [-0.3, -0.25) is 0 Å². The number of nitrogens with one attached hydrogen (secondary N) is 1. The van der Waals surface area contributed by atoms with E-state index in [-0.39, 0.29) is 0 Å². The van der Waals surface area contributed by atoms with Gasteiger partial charge < -0.3 is 10.2 Å². The molecule has 1 aromatic rings. The number of nitrogens with zero attached hydrogens (tertiary/aromatic N) is 1. The number of halogens is 2. The molecule has 0 bridgehead atoms. The van der Waals surface area contributed by atoms with Crippen LogP contribution in [0.2, 0.25) is 0 Å². The molecule has 0 saturated carbocycles. The van der Waals surface area contributed by atoms with Crippen LogP contribution in [0.5, 0.6) is 0 Å². The molecule has 1 N–H and O–H groups in total. The van der Waals surface area contributed by atoms with Crippen LogP contribution in [0, 0.1) is 11.6 Å². The summed E-state index contributed by atoms with van der Waals surface area (Å²) in [5.41, 5.74) is 0.650. The van der Waals surface area contributed by atoms with Gasteiger partial charge in [0.25, 0.3) is 0 Å². The molecule has 1 saturated heterocycles. The Labute approximate surface area is 107 Å². The lowest BCUT2D eigenvalue weighted by molar-refractivity contribution is 0.502. The van der Waals surface area contributed by atoms with Crippen molar-refractivity contribution in [1.29, 1.82) is 0 Å². The van der Waals surface area contributed by atoms with E-state index in [0.717, 1.165) is 45.0 Å². The molecule has 18 heavy (non-hydrogen) atoms. The van der Waals surface area contributed by atoms with Gasteiger partial charge in [0.1, 0.15) is 11.6 Å². The van der Waals surface area contributed by atoms with Crippen molar-refractivity contribution in [2.75, 3.05) is 24.5 Å². The van der Waals surface area contributed by atoms with E-state index in [1.165, 1.54) is 12.1 Å². The van der Waals surface area contributed by atoms with Crippen LogP contribution in [-0.2, 0) is 0 Å². The van der Waals surface area contributed by atoms with Gasteiger partial charge in [0.2, 0.25) is 0 Å². The van der Waals surface area contributed by atoms with Gasteiger partial charge in [-0.2, -0.15) is 0 Å². The molecular weight excluding hydrogens is 234 g/mol. The molecule has 1 atom stereocenters. The van der Waals surface area contributed by atoms with Crippen molar-refractivity contribution in [3.8, 4) is 0 Å². The third-order valence-electron chi connectivity index (χ3n) is 3.33. The maximum atomic E-state index is 13.2. The zero-order valence-electron chi connectivity index (χ0n) is 10.8. The van der Waals surface area contributed by atoms with Crippen molar-refractivity contribution in [1.82, 2.24) is 5.32 Å². The fourth-order valence-corrected chi connectivity index (χ4v) is 2.50. The second kappa shape index (κ2) is 6.14. The van der Waals surface area contributed by atoms with Gasteiger partial charge in [0.05, 0.1) is 0 Å². The fraction of sp³-hybridized carbons (Fsp3) is 0.571. The maximum Gasteiger partial charge on any atom is 0.128 e. The summed E-state index contributed by atoms with van der Waals surface area (Å²) in [5, 5.41) is 3.48. The van der Waals surface area contributed by atoms with E-state index in [4.69, 9.17) is 0 Å². The zero-order valence-corrected chi connectivity index (χ0v) is 10.8. The highest BCUT2D eigenvalue weighted by Crippen LogP contribution is 2.20. The third-order valence-corrected chi connectivity index (χ3v) is 3.33. The van der Waals surface area contributed by atoms with E-state index in [9.17, 15) is 8.78 Å². The predicted molar refractivity (Wildman–Crippen MR) is 69.9 cm³/mol. The topological polar surface area (TPSA) is 15.3 Å². The Bertz CT molecular complexity index is 375. The summed E-state index contributed by atoms with van der Waals surface area (Å²) in [6.45, 7) is 4.78. The van der Waals surface area contributed by atoms with Crippen LogP contribution < -0.4 is 10.2 Å². The minimum Gasteiger partial charge on any atom is -0.370 e. The molecule has 0 radical (unpaired) electrons. The van der Waals surface area contributed by atoms with E-state index in [0.29, 0.717) is 11.7 Å². The number of rotatable bonds is 3. The van der Waals surface area contributed by atoms with Crippen LogP contribution >= 0.6 is 0 Å². The monoisotopic (exact) mass is 254 g/mol. The highest BCUT2D eigenvalue weighted by Gasteiger charge is 2.18. The summed E-state index contributed by atoms with van der Waals surface area (Å²) in [5.74, 6) is -1.01. The van der Waals surface area contributed by atoms with E-state index in [1.807, 2.05) is 0 Å². The van der Waals surface area contributed by atoms with Gasteiger partial charge in [-0.1, -0.05) is 13.3 Å². The Kier molecular flexibility index (Phi) is 4.53. The Morgan fingerprint density at radius 1 is 1.28 bits per heavy atom. The lowest BCUT2D eigenvalue weighted by atomic mass is 10.1. The first-order valence-corrected chi connectivity index (χ1v) is 6.63. The first-order valence-electron chi connectivity index (χ1n) is 6.63. The lowest BCUT2D eigenvalue weighted by Gasteiger charge is -2.26. The quantitative estimate of drug-likeness (QED) is 0.892. The molecule has 0 aliphatic carbocycles. The molecule has 1 aliphatic heterocycles. The van der Waals surface area contributed by atoms with Crippen molar-refractivity contribution < 1.29 is 8.78 Å². The standard InChI is InChI=1S/C14H20F2N2/c1-2-4-13-10-18(6-3-5-17-13)14-8-11(15)7-12(16)9-14/h7-9,13,17H,2-6,10H2,1H3. The first-order chi connectivity index (χ1) is 8.69. The SMILES string of the molecule is CCCC1CN(c2cc(F)cc(F)c2)CCCN1. The van der Waals surface area contributed by atoms with E-state index < -0.39 is 11.6 Å². The lowest BCUT2D eigenvalue weighted by Crippen LogP contribution is -2.37. The van der Waals surface area contributed by atoms with Crippen molar-refractivity contribution in [3.63, 3.8) is 0 Å². The van der Waals surface area contributed by atoms with Gasteiger partial charge in [-0.15, -0.1) is 0 Å². The number of benzene rings is 1. The van der Waals surface area contributed by atoms with Crippen molar-refractivity contribution >= 4 is 5.69 Å². The van der Waals surface area contributed by atoms with Gasteiger partial charge in [-0.25, -0.2) is 8.78 Å². The number of hydrogen-bond acceptors (Lipinski definition) is 2. The predicted octanol–water partition coefficient (Wildman–Crippen LogP) is 2.93. The second-order valence-electron chi connectivity index (χ2n) is 4.87. The van der Waals surface area contributed by atoms with Crippen LogP contribution in [-0.4, -0.2) is 25.7 Å². The molecule has 1 fully saturated rings. The molecule has 1 heterocycles. The van der Waals surface area contributed by atoms with E-state index in [2.05, 4.69) is 17.1 Å². The third kappa shape index (κ3) is 3.42. The van der Waals surface area contributed by atoms with Crippen LogP contribution in [0.3, 0.4) is 0 Å². The van der Waals surface area contributed by atoms with Gasteiger partial charge in [0.15, 0.2) is 0 Å². The highest BCUT2D eigenvalue weighted by molar-refractivity contribution is 5.47. The second-order valence-corrected chi connectivity index (χ2v) is 4.87. The molecule has 2 rings (SSSR count). The largest absolute Gasteiger partial charge is 0.370 e.